The zero-order valence-corrected chi connectivity index (χ0v) is 13.5. The van der Waals surface area contributed by atoms with Crippen molar-refractivity contribution < 1.29 is 0 Å². The number of nitrogens with zero attached hydrogens (tertiary/aromatic N) is 1. The van der Waals surface area contributed by atoms with E-state index in [2.05, 4.69) is 44.1 Å². The molecule has 1 aromatic carbocycles. The third-order valence-corrected chi connectivity index (χ3v) is 3.81. The molecule has 106 valence electrons. The van der Waals surface area contributed by atoms with Crippen molar-refractivity contribution in [3.05, 3.63) is 57.4 Å². The third kappa shape index (κ3) is 3.13. The summed E-state index contributed by atoms with van der Waals surface area (Å²) in [6.45, 7) is 10.5. The van der Waals surface area contributed by atoms with Crippen molar-refractivity contribution in [2.24, 2.45) is 0 Å². The Balaban J connectivity index is 2.31. The minimum absolute atomic E-state index is 0.211. The molecular formula is C17H21ClN2. The maximum Gasteiger partial charge on any atom is 0.0506 e. The Morgan fingerprint density at radius 3 is 2.35 bits per heavy atom. The van der Waals surface area contributed by atoms with Crippen molar-refractivity contribution in [3.63, 3.8) is 0 Å². The van der Waals surface area contributed by atoms with Crippen LogP contribution in [0.1, 0.15) is 41.0 Å². The van der Waals surface area contributed by atoms with Gasteiger partial charge in [-0.05, 0) is 75.6 Å². The predicted molar refractivity (Wildman–Crippen MR) is 86.7 cm³/mol. The van der Waals surface area contributed by atoms with E-state index in [-0.39, 0.29) is 6.04 Å². The number of aromatic nitrogens is 1. The van der Waals surface area contributed by atoms with Gasteiger partial charge in [0.05, 0.1) is 6.04 Å². The molecule has 0 saturated heterocycles. The van der Waals surface area contributed by atoms with Gasteiger partial charge < -0.3 is 5.32 Å². The molecule has 0 aliphatic rings. The quantitative estimate of drug-likeness (QED) is 0.845. The van der Waals surface area contributed by atoms with Crippen molar-refractivity contribution in [3.8, 4) is 0 Å². The van der Waals surface area contributed by atoms with Crippen LogP contribution in [0.2, 0.25) is 5.02 Å². The van der Waals surface area contributed by atoms with E-state index in [1.807, 2.05) is 25.1 Å². The molecule has 0 amide bonds. The lowest BCUT2D eigenvalue weighted by molar-refractivity contribution is 0.841. The molecule has 1 unspecified atom stereocenters. The van der Waals surface area contributed by atoms with Crippen LogP contribution in [-0.2, 0) is 0 Å². The van der Waals surface area contributed by atoms with Crippen molar-refractivity contribution in [2.75, 3.05) is 5.32 Å². The van der Waals surface area contributed by atoms with E-state index in [0.717, 1.165) is 27.7 Å². The second-order valence-electron chi connectivity index (χ2n) is 5.40. The third-order valence-electron chi connectivity index (χ3n) is 3.58. The molecule has 0 bridgehead atoms. The van der Waals surface area contributed by atoms with Crippen molar-refractivity contribution in [2.45, 2.75) is 40.7 Å². The summed E-state index contributed by atoms with van der Waals surface area (Å²) in [4.78, 5) is 4.57. The Morgan fingerprint density at radius 1 is 1.05 bits per heavy atom. The Kier molecular flexibility index (Phi) is 4.34. The number of rotatable bonds is 3. The molecule has 2 nitrogen and oxygen atoms in total. The number of nitrogens with one attached hydrogen (secondary N) is 1. The summed E-state index contributed by atoms with van der Waals surface area (Å²) in [7, 11) is 0. The van der Waals surface area contributed by atoms with Crippen LogP contribution in [-0.4, -0.2) is 4.98 Å². The number of anilines is 1. The van der Waals surface area contributed by atoms with Gasteiger partial charge in [0.25, 0.3) is 0 Å². The van der Waals surface area contributed by atoms with Crippen LogP contribution in [0.15, 0.2) is 24.3 Å². The van der Waals surface area contributed by atoms with Crippen LogP contribution in [0, 0.1) is 27.7 Å². The second kappa shape index (κ2) is 5.84. The average molecular weight is 289 g/mol. The molecular weight excluding hydrogens is 268 g/mol. The van der Waals surface area contributed by atoms with Crippen molar-refractivity contribution in [1.29, 1.82) is 0 Å². The van der Waals surface area contributed by atoms with Crippen LogP contribution in [0.25, 0.3) is 0 Å². The molecule has 0 aliphatic carbocycles. The summed E-state index contributed by atoms with van der Waals surface area (Å²) < 4.78 is 0. The number of halogens is 1. The molecule has 2 aromatic rings. The summed E-state index contributed by atoms with van der Waals surface area (Å²) in [5.41, 5.74) is 6.97. The number of hydrogen-bond donors (Lipinski definition) is 1. The van der Waals surface area contributed by atoms with Crippen molar-refractivity contribution in [1.82, 2.24) is 4.98 Å². The molecule has 2 rings (SSSR count). The Hall–Kier alpha value is -1.54. The molecule has 0 saturated carbocycles. The molecule has 0 spiro atoms. The van der Waals surface area contributed by atoms with Crippen LogP contribution < -0.4 is 5.32 Å². The van der Waals surface area contributed by atoms with Crippen molar-refractivity contribution >= 4 is 17.3 Å². The van der Waals surface area contributed by atoms with Gasteiger partial charge in [-0.25, -0.2) is 0 Å². The Labute approximate surface area is 126 Å². The molecule has 0 aliphatic heterocycles. The highest BCUT2D eigenvalue weighted by Crippen LogP contribution is 2.27. The van der Waals surface area contributed by atoms with E-state index in [9.17, 15) is 0 Å². The van der Waals surface area contributed by atoms with Gasteiger partial charge in [-0.3, -0.25) is 4.98 Å². The number of aryl methyl sites for hydroxylation is 4. The smallest absolute Gasteiger partial charge is 0.0506 e. The fourth-order valence-corrected chi connectivity index (χ4v) is 3.01. The highest BCUT2D eigenvalue weighted by molar-refractivity contribution is 6.30. The van der Waals surface area contributed by atoms with Gasteiger partial charge in [0.15, 0.2) is 0 Å². The van der Waals surface area contributed by atoms with E-state index in [1.165, 1.54) is 11.1 Å². The van der Waals surface area contributed by atoms with E-state index >= 15 is 0 Å². The molecule has 3 heteroatoms. The summed E-state index contributed by atoms with van der Waals surface area (Å²) >= 11 is 6.00. The van der Waals surface area contributed by atoms with Gasteiger partial charge >= 0.3 is 0 Å². The number of hydrogen-bond acceptors (Lipinski definition) is 2. The first-order valence-electron chi connectivity index (χ1n) is 6.86. The second-order valence-corrected chi connectivity index (χ2v) is 5.84. The maximum atomic E-state index is 6.00. The first-order chi connectivity index (χ1) is 9.38. The minimum Gasteiger partial charge on any atom is -0.378 e. The summed E-state index contributed by atoms with van der Waals surface area (Å²) in [6, 6.07) is 8.26. The average Bonchev–Trinajstić information content (AvgIpc) is 2.31. The first kappa shape index (κ1) is 14.9. The Bertz CT molecular complexity index is 612. The van der Waals surface area contributed by atoms with E-state index in [1.54, 1.807) is 0 Å². The fourth-order valence-electron chi connectivity index (χ4n) is 2.78. The molecule has 1 atom stereocenters. The normalized spacial score (nSPS) is 12.3. The number of benzene rings is 1. The maximum absolute atomic E-state index is 6.00. The lowest BCUT2D eigenvalue weighted by atomic mass is 10.00. The predicted octanol–water partition coefficient (Wildman–Crippen LogP) is 5.14. The Morgan fingerprint density at radius 2 is 1.75 bits per heavy atom. The fraction of sp³-hybridized carbons (Fsp3) is 0.353. The molecule has 1 N–H and O–H groups in total. The van der Waals surface area contributed by atoms with Crippen LogP contribution in [0.3, 0.4) is 0 Å². The highest BCUT2D eigenvalue weighted by Gasteiger charge is 2.13. The molecule has 20 heavy (non-hydrogen) atoms. The van der Waals surface area contributed by atoms with E-state index in [0.29, 0.717) is 0 Å². The lowest BCUT2D eigenvalue weighted by Crippen LogP contribution is -2.12. The SMILES string of the molecule is Cc1cc(C)c(C(C)Nc2ccc(Cl)cc2C)c(C)n1. The lowest BCUT2D eigenvalue weighted by Gasteiger charge is -2.21. The van der Waals surface area contributed by atoms with Gasteiger partial charge in [0.2, 0.25) is 0 Å². The molecule has 0 radical (unpaired) electrons. The topological polar surface area (TPSA) is 24.9 Å². The largest absolute Gasteiger partial charge is 0.378 e. The molecule has 1 aromatic heterocycles. The van der Waals surface area contributed by atoms with Gasteiger partial charge in [-0.2, -0.15) is 0 Å². The van der Waals surface area contributed by atoms with E-state index < -0.39 is 0 Å². The molecule has 0 fully saturated rings. The van der Waals surface area contributed by atoms with Gasteiger partial charge in [-0.1, -0.05) is 11.6 Å². The summed E-state index contributed by atoms with van der Waals surface area (Å²) in [5.74, 6) is 0. The van der Waals surface area contributed by atoms with Crippen LogP contribution >= 0.6 is 11.6 Å². The minimum atomic E-state index is 0.211. The van der Waals surface area contributed by atoms with Gasteiger partial charge in [0, 0.05) is 22.1 Å². The summed E-state index contributed by atoms with van der Waals surface area (Å²) in [5, 5.41) is 4.32. The van der Waals surface area contributed by atoms with Crippen LogP contribution in [0.4, 0.5) is 5.69 Å². The zero-order valence-electron chi connectivity index (χ0n) is 12.7. The summed E-state index contributed by atoms with van der Waals surface area (Å²) in [6.07, 6.45) is 0. The first-order valence-corrected chi connectivity index (χ1v) is 7.23. The highest BCUT2D eigenvalue weighted by atomic mass is 35.5. The van der Waals surface area contributed by atoms with Crippen LogP contribution in [0.5, 0.6) is 0 Å². The van der Waals surface area contributed by atoms with E-state index in [4.69, 9.17) is 11.6 Å². The zero-order chi connectivity index (χ0) is 14.9. The molecule has 1 heterocycles. The number of pyridine rings is 1. The van der Waals surface area contributed by atoms with Gasteiger partial charge in [0.1, 0.15) is 0 Å². The standard InChI is InChI=1S/C17H21ClN2/c1-10-9-15(18)6-7-16(10)20-14(5)17-11(2)8-12(3)19-13(17)4/h6-9,14,20H,1-5H3. The van der Waals surface area contributed by atoms with Gasteiger partial charge in [-0.15, -0.1) is 0 Å². The monoisotopic (exact) mass is 288 g/mol.